The number of nitrogens with one attached hydrogen (secondary N) is 1. The van der Waals surface area contributed by atoms with Gasteiger partial charge in [-0.3, -0.25) is 9.69 Å². The maximum absolute atomic E-state index is 12.7. The summed E-state index contributed by atoms with van der Waals surface area (Å²) in [6.07, 6.45) is 10.2. The van der Waals surface area contributed by atoms with Crippen LogP contribution in [0.1, 0.15) is 39.5 Å². The smallest absolute Gasteiger partial charge is 0.250 e. The minimum absolute atomic E-state index is 0.0512. The van der Waals surface area contributed by atoms with Crippen LogP contribution >= 0.6 is 0 Å². The number of allylic oxidation sites excluding steroid dienone is 2. The van der Waals surface area contributed by atoms with Crippen molar-refractivity contribution in [3.05, 3.63) is 34.9 Å². The molecule has 6 nitrogen and oxygen atoms in total. The molecule has 0 bridgehead atoms. The van der Waals surface area contributed by atoms with Crippen LogP contribution in [0.15, 0.2) is 34.9 Å². The summed E-state index contributed by atoms with van der Waals surface area (Å²) in [5.41, 5.74) is 9.56. The zero-order valence-electron chi connectivity index (χ0n) is 19.2. The molecule has 0 spiro atoms. The molecule has 1 aliphatic carbocycles. The second-order valence-corrected chi connectivity index (χ2v) is 9.24. The van der Waals surface area contributed by atoms with Crippen molar-refractivity contribution >= 4 is 5.91 Å². The van der Waals surface area contributed by atoms with Gasteiger partial charge in [-0.25, -0.2) is 0 Å². The van der Waals surface area contributed by atoms with Gasteiger partial charge in [-0.05, 0) is 64.8 Å². The van der Waals surface area contributed by atoms with Gasteiger partial charge in [-0.15, -0.1) is 0 Å². The molecular formula is C24H41N5O. The van der Waals surface area contributed by atoms with Crippen LogP contribution in [-0.4, -0.2) is 92.1 Å². The highest BCUT2D eigenvalue weighted by molar-refractivity contribution is 5.96. The van der Waals surface area contributed by atoms with Crippen LogP contribution in [0.4, 0.5) is 0 Å². The predicted octanol–water partition coefficient (Wildman–Crippen LogP) is 1.75. The summed E-state index contributed by atoms with van der Waals surface area (Å²) in [5, 5.41) is 3.12. The van der Waals surface area contributed by atoms with Gasteiger partial charge < -0.3 is 20.9 Å². The largest absolute Gasteiger partial charge is 0.352 e. The number of carbonyl (C=O) groups excluding carboxylic acids is 1. The zero-order valence-corrected chi connectivity index (χ0v) is 19.2. The number of carbonyl (C=O) groups is 1. The summed E-state index contributed by atoms with van der Waals surface area (Å²) in [6, 6.07) is 0.717. The van der Waals surface area contributed by atoms with Crippen molar-refractivity contribution < 1.29 is 4.79 Å². The van der Waals surface area contributed by atoms with Crippen molar-refractivity contribution in [3.63, 3.8) is 0 Å². The standard InChI is InChI=1S/C24H41N5O/c1-19-5-6-21(7-8-23(19)20(2)29-13-9-22(25)10-14-29)24(30)26-11-4-12-28-17-15-27(3)16-18-28/h6-8,20,22H,4-5,9-18,25H2,1-3H3,(H,26,30). The van der Waals surface area contributed by atoms with Gasteiger partial charge in [0.25, 0.3) is 5.91 Å². The van der Waals surface area contributed by atoms with Crippen LogP contribution in [0.3, 0.4) is 0 Å². The molecule has 1 unspecified atom stereocenters. The van der Waals surface area contributed by atoms with Crippen molar-refractivity contribution in [1.82, 2.24) is 20.0 Å². The van der Waals surface area contributed by atoms with E-state index in [0.29, 0.717) is 12.1 Å². The van der Waals surface area contributed by atoms with Gasteiger partial charge in [-0.1, -0.05) is 17.7 Å². The van der Waals surface area contributed by atoms with Crippen LogP contribution < -0.4 is 11.1 Å². The number of piperidine rings is 1. The Morgan fingerprint density at radius 1 is 1.17 bits per heavy atom. The quantitative estimate of drug-likeness (QED) is 0.621. The fourth-order valence-electron chi connectivity index (χ4n) is 4.62. The Bertz CT molecular complexity index is 667. The van der Waals surface area contributed by atoms with E-state index in [9.17, 15) is 4.79 Å². The predicted molar refractivity (Wildman–Crippen MR) is 124 cm³/mol. The summed E-state index contributed by atoms with van der Waals surface area (Å²) >= 11 is 0. The molecule has 2 aliphatic heterocycles. The van der Waals surface area contributed by atoms with E-state index < -0.39 is 0 Å². The van der Waals surface area contributed by atoms with E-state index >= 15 is 0 Å². The van der Waals surface area contributed by atoms with E-state index in [1.54, 1.807) is 0 Å². The first kappa shape index (κ1) is 23.2. The van der Waals surface area contributed by atoms with Gasteiger partial charge in [0.1, 0.15) is 0 Å². The third kappa shape index (κ3) is 6.51. The third-order valence-electron chi connectivity index (χ3n) is 6.93. The molecule has 2 fully saturated rings. The Kier molecular flexibility index (Phi) is 8.69. The minimum Gasteiger partial charge on any atom is -0.352 e. The summed E-state index contributed by atoms with van der Waals surface area (Å²) in [6.45, 7) is 12.9. The minimum atomic E-state index is 0.0512. The van der Waals surface area contributed by atoms with E-state index in [2.05, 4.69) is 53.1 Å². The van der Waals surface area contributed by atoms with Crippen molar-refractivity contribution in [2.75, 3.05) is 59.4 Å². The van der Waals surface area contributed by atoms with Crippen LogP contribution in [0, 0.1) is 0 Å². The van der Waals surface area contributed by atoms with Gasteiger partial charge in [0.2, 0.25) is 0 Å². The molecule has 3 aliphatic rings. The van der Waals surface area contributed by atoms with Crippen LogP contribution in [-0.2, 0) is 4.79 Å². The Labute approximate surface area is 182 Å². The number of nitrogens with two attached hydrogens (primary N) is 1. The Morgan fingerprint density at radius 3 is 2.57 bits per heavy atom. The number of hydrogen-bond acceptors (Lipinski definition) is 5. The average Bonchev–Trinajstić information content (AvgIpc) is 2.94. The second-order valence-electron chi connectivity index (χ2n) is 9.24. The van der Waals surface area contributed by atoms with Gasteiger partial charge in [0.05, 0.1) is 0 Å². The normalized spacial score (nSPS) is 23.9. The first-order valence-electron chi connectivity index (χ1n) is 11.7. The number of likely N-dealkylation sites (N-methyl/N-ethyl adjacent to an activating group) is 1. The molecule has 30 heavy (non-hydrogen) atoms. The van der Waals surface area contributed by atoms with Crippen molar-refractivity contribution in [1.29, 1.82) is 0 Å². The van der Waals surface area contributed by atoms with Crippen LogP contribution in [0.25, 0.3) is 0 Å². The van der Waals surface area contributed by atoms with Crippen LogP contribution in [0.5, 0.6) is 0 Å². The summed E-state index contributed by atoms with van der Waals surface area (Å²) < 4.78 is 0. The molecule has 0 aromatic heterocycles. The topological polar surface area (TPSA) is 64.8 Å². The lowest BCUT2D eigenvalue weighted by Crippen LogP contribution is -2.45. The molecule has 3 rings (SSSR count). The molecular weight excluding hydrogens is 374 g/mol. The maximum Gasteiger partial charge on any atom is 0.250 e. The van der Waals surface area contributed by atoms with E-state index in [1.807, 2.05) is 6.08 Å². The molecule has 3 N–H and O–H groups in total. The molecule has 1 atom stereocenters. The number of rotatable bonds is 7. The maximum atomic E-state index is 12.7. The SMILES string of the molecule is CC1=C(C(C)N2CCC(N)CC2)C=CC(C(=O)NCCCN2CCN(C)CC2)=CC1. The van der Waals surface area contributed by atoms with Gasteiger partial charge in [0.15, 0.2) is 0 Å². The van der Waals surface area contributed by atoms with E-state index in [-0.39, 0.29) is 5.91 Å². The average molecular weight is 416 g/mol. The molecule has 0 saturated carbocycles. The first-order chi connectivity index (χ1) is 14.4. The molecule has 2 heterocycles. The van der Waals surface area contributed by atoms with Gasteiger partial charge >= 0.3 is 0 Å². The highest BCUT2D eigenvalue weighted by atomic mass is 16.1. The Hall–Kier alpha value is -1.47. The molecule has 1 amide bonds. The first-order valence-corrected chi connectivity index (χ1v) is 11.7. The molecule has 0 aromatic rings. The lowest BCUT2D eigenvalue weighted by atomic mass is 9.97. The van der Waals surface area contributed by atoms with Gasteiger partial charge in [0, 0.05) is 63.5 Å². The second kappa shape index (κ2) is 11.2. The van der Waals surface area contributed by atoms with Gasteiger partial charge in [-0.2, -0.15) is 0 Å². The lowest BCUT2D eigenvalue weighted by Gasteiger charge is -2.36. The number of nitrogens with zero attached hydrogens (tertiary/aromatic N) is 3. The fourth-order valence-corrected chi connectivity index (χ4v) is 4.62. The lowest BCUT2D eigenvalue weighted by molar-refractivity contribution is -0.117. The zero-order chi connectivity index (χ0) is 21.5. The summed E-state index contributed by atoms with van der Waals surface area (Å²) in [5.74, 6) is 0.0512. The molecule has 6 heteroatoms. The molecule has 0 aromatic carbocycles. The number of piperazine rings is 1. The fraction of sp³-hybridized carbons (Fsp3) is 0.708. The Morgan fingerprint density at radius 2 is 1.87 bits per heavy atom. The number of amides is 1. The summed E-state index contributed by atoms with van der Waals surface area (Å²) in [4.78, 5) is 20.1. The van der Waals surface area contributed by atoms with E-state index in [4.69, 9.17) is 5.73 Å². The molecule has 2 saturated heterocycles. The van der Waals surface area contributed by atoms with Crippen LogP contribution in [0.2, 0.25) is 0 Å². The highest BCUT2D eigenvalue weighted by Gasteiger charge is 2.24. The molecule has 0 radical (unpaired) electrons. The molecule has 168 valence electrons. The highest BCUT2D eigenvalue weighted by Crippen LogP contribution is 2.25. The van der Waals surface area contributed by atoms with E-state index in [1.165, 1.54) is 11.1 Å². The number of likely N-dealkylation sites (tertiary alicyclic amines) is 1. The van der Waals surface area contributed by atoms with E-state index in [0.717, 1.165) is 83.6 Å². The van der Waals surface area contributed by atoms with Crippen molar-refractivity contribution in [2.45, 2.75) is 51.6 Å². The van der Waals surface area contributed by atoms with Crippen molar-refractivity contribution in [3.8, 4) is 0 Å². The number of hydrogen-bond donors (Lipinski definition) is 2. The Balaban J connectivity index is 1.44. The third-order valence-corrected chi connectivity index (χ3v) is 6.93. The monoisotopic (exact) mass is 415 g/mol. The summed E-state index contributed by atoms with van der Waals surface area (Å²) in [7, 11) is 2.18. The van der Waals surface area contributed by atoms with Crippen molar-refractivity contribution in [2.24, 2.45) is 5.73 Å².